The van der Waals surface area contributed by atoms with Crippen molar-refractivity contribution in [3.8, 4) is 0 Å². The molecule has 2 rings (SSSR count). The molecule has 5 N–H and O–H groups in total. The van der Waals surface area contributed by atoms with Gasteiger partial charge in [0.05, 0.1) is 12.7 Å². The van der Waals surface area contributed by atoms with Gasteiger partial charge in [0, 0.05) is 13.1 Å². The van der Waals surface area contributed by atoms with Gasteiger partial charge in [-0.05, 0) is 6.42 Å². The molecule has 8 heteroatoms. The number of carbonyl (C=O) groups is 1. The summed E-state index contributed by atoms with van der Waals surface area (Å²) in [4.78, 5) is 13.0. The van der Waals surface area contributed by atoms with Crippen LogP contribution in [-0.2, 0) is 4.74 Å². The van der Waals surface area contributed by atoms with E-state index in [-0.39, 0.29) is 13.1 Å². The Morgan fingerprint density at radius 1 is 1.33 bits per heavy atom. The topological polar surface area (TPSA) is 122 Å². The van der Waals surface area contributed by atoms with Crippen molar-refractivity contribution in [1.29, 1.82) is 0 Å². The van der Waals surface area contributed by atoms with Gasteiger partial charge in [-0.25, -0.2) is 4.79 Å². The minimum absolute atomic E-state index is 0.143. The first kappa shape index (κ1) is 13.5. The van der Waals surface area contributed by atoms with E-state index in [2.05, 4.69) is 5.32 Å². The van der Waals surface area contributed by atoms with Crippen LogP contribution in [0.1, 0.15) is 6.42 Å². The van der Waals surface area contributed by atoms with Crippen molar-refractivity contribution in [2.45, 2.75) is 37.1 Å². The summed E-state index contributed by atoms with van der Waals surface area (Å²) < 4.78 is 5.27. The maximum absolute atomic E-state index is 11.8. The number of nitrogens with zero attached hydrogens (tertiary/aromatic N) is 1. The molecule has 5 atom stereocenters. The van der Waals surface area contributed by atoms with E-state index in [1.54, 1.807) is 0 Å². The summed E-state index contributed by atoms with van der Waals surface area (Å²) in [5.74, 6) is 0. The fraction of sp³-hybridized carbons (Fsp3) is 0.900. The third-order valence-electron chi connectivity index (χ3n) is 3.28. The van der Waals surface area contributed by atoms with Crippen LogP contribution in [0.3, 0.4) is 0 Å². The molecule has 2 heterocycles. The molecule has 0 aromatic rings. The van der Waals surface area contributed by atoms with Crippen LogP contribution in [0.5, 0.6) is 0 Å². The zero-order valence-electron chi connectivity index (χ0n) is 9.77. The average molecular weight is 262 g/mol. The van der Waals surface area contributed by atoms with Crippen molar-refractivity contribution in [1.82, 2.24) is 10.2 Å². The van der Waals surface area contributed by atoms with Gasteiger partial charge in [-0.1, -0.05) is 0 Å². The molecule has 0 aromatic carbocycles. The maximum Gasteiger partial charge on any atom is 0.319 e. The molecule has 2 saturated heterocycles. The Kier molecular flexibility index (Phi) is 4.03. The molecule has 1 unspecified atom stereocenters. The predicted octanol–water partition coefficient (Wildman–Crippen LogP) is -2.80. The third kappa shape index (κ3) is 2.43. The van der Waals surface area contributed by atoms with Gasteiger partial charge >= 0.3 is 6.03 Å². The smallest absolute Gasteiger partial charge is 0.319 e. The number of β-amino-alcohol motifs (C(OH)–C–C–N with tert-alkyl or cyclic N) is 1. The van der Waals surface area contributed by atoms with Gasteiger partial charge in [0.15, 0.2) is 6.23 Å². The summed E-state index contributed by atoms with van der Waals surface area (Å²) in [7, 11) is 0. The Labute approximate surface area is 104 Å². The average Bonchev–Trinajstić information content (AvgIpc) is 2.53. The van der Waals surface area contributed by atoms with Crippen LogP contribution in [0, 0.1) is 0 Å². The van der Waals surface area contributed by atoms with Crippen LogP contribution < -0.4 is 5.32 Å². The summed E-state index contributed by atoms with van der Waals surface area (Å²) in [5, 5.41) is 40.4. The second-order valence-corrected chi connectivity index (χ2v) is 4.55. The number of rotatable bonds is 2. The van der Waals surface area contributed by atoms with Gasteiger partial charge in [-0.15, -0.1) is 0 Å². The molecule has 0 aliphatic carbocycles. The Hall–Kier alpha value is -0.930. The Morgan fingerprint density at radius 2 is 2.06 bits per heavy atom. The number of urea groups is 1. The molecular weight excluding hydrogens is 244 g/mol. The normalized spacial score (nSPS) is 41.7. The van der Waals surface area contributed by atoms with Crippen LogP contribution in [0.25, 0.3) is 0 Å². The van der Waals surface area contributed by atoms with Crippen molar-refractivity contribution in [3.63, 3.8) is 0 Å². The van der Waals surface area contributed by atoms with E-state index in [1.165, 1.54) is 4.90 Å². The summed E-state index contributed by atoms with van der Waals surface area (Å²) in [6.45, 7) is -0.0868. The van der Waals surface area contributed by atoms with Gasteiger partial charge in [-0.2, -0.15) is 0 Å². The van der Waals surface area contributed by atoms with Crippen molar-refractivity contribution in [3.05, 3.63) is 0 Å². The summed E-state index contributed by atoms with van der Waals surface area (Å²) in [6, 6.07) is -0.471. The van der Waals surface area contributed by atoms with E-state index >= 15 is 0 Å². The first-order valence-corrected chi connectivity index (χ1v) is 5.89. The van der Waals surface area contributed by atoms with E-state index in [4.69, 9.17) is 9.84 Å². The largest absolute Gasteiger partial charge is 0.394 e. The minimum atomic E-state index is -1.27. The molecule has 0 saturated carbocycles. The van der Waals surface area contributed by atoms with Gasteiger partial charge in [-0.3, -0.25) is 4.90 Å². The van der Waals surface area contributed by atoms with E-state index < -0.39 is 43.3 Å². The fourth-order valence-corrected chi connectivity index (χ4v) is 2.18. The molecular formula is C10H18N2O6. The molecule has 8 nitrogen and oxygen atoms in total. The third-order valence-corrected chi connectivity index (χ3v) is 3.28. The quantitative estimate of drug-likeness (QED) is 0.366. The van der Waals surface area contributed by atoms with Gasteiger partial charge < -0.3 is 30.5 Å². The maximum atomic E-state index is 11.8. The highest BCUT2D eigenvalue weighted by molar-refractivity contribution is 5.74. The summed E-state index contributed by atoms with van der Waals surface area (Å²) in [6.07, 6.45) is -4.72. The molecule has 2 aliphatic heterocycles. The molecule has 2 aliphatic rings. The highest BCUT2D eigenvalue weighted by atomic mass is 16.6. The van der Waals surface area contributed by atoms with Crippen molar-refractivity contribution in [2.24, 2.45) is 0 Å². The Bertz CT molecular complexity index is 315. The molecule has 0 spiro atoms. The zero-order chi connectivity index (χ0) is 13.3. The van der Waals surface area contributed by atoms with Crippen LogP contribution in [-0.4, -0.2) is 81.7 Å². The molecule has 18 heavy (non-hydrogen) atoms. The van der Waals surface area contributed by atoms with Crippen molar-refractivity contribution >= 4 is 6.03 Å². The lowest BCUT2D eigenvalue weighted by Gasteiger charge is -2.28. The van der Waals surface area contributed by atoms with Crippen LogP contribution >= 0.6 is 0 Å². The number of aliphatic hydroxyl groups is 4. The standard InChI is InChI=1S/C10H18N2O6/c13-4-6-7(15)8(16)9(18-6)12-2-1-5(14)3-11-10(12)17/h5-9,13-16H,1-4H2,(H,11,17)/t5?,6-,7-,8-,9-/m1/s1. The Balaban J connectivity index is 2.08. The predicted molar refractivity (Wildman–Crippen MR) is 58.5 cm³/mol. The van der Waals surface area contributed by atoms with E-state index in [0.29, 0.717) is 6.42 Å². The van der Waals surface area contributed by atoms with Crippen molar-refractivity contribution in [2.75, 3.05) is 19.7 Å². The van der Waals surface area contributed by atoms with E-state index in [9.17, 15) is 20.1 Å². The lowest BCUT2D eigenvalue weighted by molar-refractivity contribution is -0.0791. The van der Waals surface area contributed by atoms with Gasteiger partial charge in [0.25, 0.3) is 0 Å². The van der Waals surface area contributed by atoms with Crippen LogP contribution in [0.4, 0.5) is 4.79 Å². The first-order valence-electron chi connectivity index (χ1n) is 5.89. The number of aliphatic hydroxyl groups excluding tert-OH is 4. The second-order valence-electron chi connectivity index (χ2n) is 4.55. The minimum Gasteiger partial charge on any atom is -0.394 e. The highest BCUT2D eigenvalue weighted by Crippen LogP contribution is 2.25. The number of ether oxygens (including phenoxy) is 1. The SMILES string of the molecule is O=C1NCC(O)CCN1[C@@H]1O[C@H](CO)[C@@H](O)[C@H]1O. The fourth-order valence-electron chi connectivity index (χ4n) is 2.18. The van der Waals surface area contributed by atoms with Gasteiger partial charge in [0.2, 0.25) is 0 Å². The number of hydrogen-bond acceptors (Lipinski definition) is 6. The first-order chi connectivity index (χ1) is 8.54. The molecule has 2 amide bonds. The number of hydrogen-bond donors (Lipinski definition) is 5. The molecule has 0 radical (unpaired) electrons. The molecule has 0 bridgehead atoms. The lowest BCUT2D eigenvalue weighted by Crippen LogP contribution is -2.50. The van der Waals surface area contributed by atoms with Crippen LogP contribution in [0.2, 0.25) is 0 Å². The van der Waals surface area contributed by atoms with E-state index in [0.717, 1.165) is 0 Å². The number of amides is 2. The second kappa shape index (κ2) is 5.37. The molecule has 2 fully saturated rings. The Morgan fingerprint density at radius 3 is 2.67 bits per heavy atom. The summed E-state index contributed by atoms with van der Waals surface area (Å²) >= 11 is 0. The molecule has 0 aromatic heterocycles. The number of carbonyl (C=O) groups excluding carboxylic acids is 1. The lowest BCUT2D eigenvalue weighted by atomic mass is 10.1. The van der Waals surface area contributed by atoms with Gasteiger partial charge in [0.1, 0.15) is 18.3 Å². The zero-order valence-corrected chi connectivity index (χ0v) is 9.77. The van der Waals surface area contributed by atoms with Crippen LogP contribution in [0.15, 0.2) is 0 Å². The monoisotopic (exact) mass is 262 g/mol. The highest BCUT2D eigenvalue weighted by Gasteiger charge is 2.46. The molecule has 104 valence electrons. The number of nitrogens with one attached hydrogen (secondary N) is 1. The summed E-state index contributed by atoms with van der Waals surface area (Å²) in [5.41, 5.74) is 0. The van der Waals surface area contributed by atoms with E-state index in [1.807, 2.05) is 0 Å². The van der Waals surface area contributed by atoms with Crippen molar-refractivity contribution < 1.29 is 30.0 Å².